The van der Waals surface area contributed by atoms with Crippen molar-refractivity contribution in [3.63, 3.8) is 0 Å². The minimum Gasteiger partial charge on any atom is -0.468 e. The van der Waals surface area contributed by atoms with Crippen LogP contribution in [0.25, 0.3) is 0 Å². The highest BCUT2D eigenvalue weighted by Gasteiger charge is 2.41. The minimum atomic E-state index is -0.556. The fourth-order valence-electron chi connectivity index (χ4n) is 3.90. The van der Waals surface area contributed by atoms with Crippen LogP contribution in [-0.2, 0) is 9.53 Å². The average Bonchev–Trinajstić information content (AvgIpc) is 3.20. The van der Waals surface area contributed by atoms with Gasteiger partial charge in [0.25, 0.3) is 0 Å². The predicted octanol–water partition coefficient (Wildman–Crippen LogP) is 2.43. The van der Waals surface area contributed by atoms with Gasteiger partial charge in [-0.2, -0.15) is 0 Å². The van der Waals surface area contributed by atoms with E-state index in [1.165, 1.54) is 26.4 Å². The molecule has 2 aliphatic rings. The first-order valence-electron chi connectivity index (χ1n) is 8.44. The van der Waals surface area contributed by atoms with E-state index in [9.17, 15) is 4.79 Å². The number of methoxy groups -OCH3 is 1. The molecule has 21 heavy (non-hydrogen) atoms. The Bertz CT molecular complexity index is 360. The molecule has 0 radical (unpaired) electrons. The Morgan fingerprint density at radius 1 is 1.33 bits per heavy atom. The van der Waals surface area contributed by atoms with Gasteiger partial charge in [0.2, 0.25) is 0 Å². The smallest absolute Gasteiger partial charge is 0.325 e. The van der Waals surface area contributed by atoms with Crippen LogP contribution in [0.4, 0.5) is 0 Å². The quantitative estimate of drug-likeness (QED) is 0.764. The van der Waals surface area contributed by atoms with Crippen molar-refractivity contribution < 1.29 is 9.53 Å². The molecule has 1 N–H and O–H groups in total. The Hall–Kier alpha value is -0.610. The SMILES string of the molecule is COC(=O)C(C)(CC(C)N1CC(C)CC(C)C1)NC1CC1. The third-order valence-electron chi connectivity index (χ3n) is 4.96. The molecule has 0 aromatic heterocycles. The minimum absolute atomic E-state index is 0.126. The van der Waals surface area contributed by atoms with Crippen LogP contribution >= 0.6 is 0 Å². The maximum Gasteiger partial charge on any atom is 0.325 e. The molecule has 1 saturated heterocycles. The first kappa shape index (κ1) is 16.8. The summed E-state index contributed by atoms with van der Waals surface area (Å²) in [5.41, 5.74) is -0.556. The van der Waals surface area contributed by atoms with Gasteiger partial charge in [-0.25, -0.2) is 0 Å². The molecule has 0 amide bonds. The van der Waals surface area contributed by atoms with Gasteiger partial charge in [0.05, 0.1) is 7.11 Å². The van der Waals surface area contributed by atoms with Crippen LogP contribution < -0.4 is 5.32 Å². The van der Waals surface area contributed by atoms with Gasteiger partial charge in [-0.3, -0.25) is 10.1 Å². The van der Waals surface area contributed by atoms with Crippen molar-refractivity contribution in [2.45, 2.75) is 71.0 Å². The standard InChI is InChI=1S/C17H32N2O2/c1-12-8-13(2)11-19(10-12)14(3)9-17(4,16(20)21-5)18-15-6-7-15/h12-15,18H,6-11H2,1-5H3. The fourth-order valence-corrected chi connectivity index (χ4v) is 3.90. The number of hydrogen-bond donors (Lipinski definition) is 1. The van der Waals surface area contributed by atoms with E-state index in [1.54, 1.807) is 0 Å². The molecule has 2 rings (SSSR count). The maximum atomic E-state index is 12.2. The van der Waals surface area contributed by atoms with Crippen molar-refractivity contribution in [1.29, 1.82) is 0 Å². The van der Waals surface area contributed by atoms with Crippen molar-refractivity contribution >= 4 is 5.97 Å². The van der Waals surface area contributed by atoms with Crippen LogP contribution in [0.15, 0.2) is 0 Å². The van der Waals surface area contributed by atoms with Crippen LogP contribution in [0, 0.1) is 11.8 Å². The molecule has 0 bridgehead atoms. The van der Waals surface area contributed by atoms with Gasteiger partial charge in [-0.05, 0) is 51.4 Å². The molecule has 1 aliphatic carbocycles. The highest BCUT2D eigenvalue weighted by Crippen LogP contribution is 2.29. The second-order valence-electron chi connectivity index (χ2n) is 7.70. The molecule has 4 nitrogen and oxygen atoms in total. The lowest BCUT2D eigenvalue weighted by atomic mass is 9.87. The average molecular weight is 296 g/mol. The Kier molecular flexibility index (Phi) is 5.31. The fraction of sp³-hybridized carbons (Fsp3) is 0.941. The van der Waals surface area contributed by atoms with E-state index >= 15 is 0 Å². The lowest BCUT2D eigenvalue weighted by molar-refractivity contribution is -0.149. The van der Waals surface area contributed by atoms with Crippen molar-refractivity contribution in [2.75, 3.05) is 20.2 Å². The number of esters is 1. The lowest BCUT2D eigenvalue weighted by Gasteiger charge is -2.41. The molecule has 4 unspecified atom stereocenters. The zero-order valence-corrected chi connectivity index (χ0v) is 14.3. The maximum absolute atomic E-state index is 12.2. The highest BCUT2D eigenvalue weighted by molar-refractivity contribution is 5.80. The summed E-state index contributed by atoms with van der Waals surface area (Å²) in [6.45, 7) is 11.2. The third-order valence-corrected chi connectivity index (χ3v) is 4.96. The van der Waals surface area contributed by atoms with Gasteiger partial charge in [0, 0.05) is 25.2 Å². The van der Waals surface area contributed by atoms with Crippen molar-refractivity contribution in [1.82, 2.24) is 10.2 Å². The van der Waals surface area contributed by atoms with E-state index in [0.717, 1.165) is 31.3 Å². The number of nitrogens with zero attached hydrogens (tertiary/aromatic N) is 1. The summed E-state index contributed by atoms with van der Waals surface area (Å²) in [5, 5.41) is 3.51. The molecule has 4 heteroatoms. The van der Waals surface area contributed by atoms with Crippen molar-refractivity contribution in [3.05, 3.63) is 0 Å². The van der Waals surface area contributed by atoms with E-state index in [4.69, 9.17) is 4.74 Å². The zero-order chi connectivity index (χ0) is 15.6. The summed E-state index contributed by atoms with van der Waals surface area (Å²) >= 11 is 0. The summed E-state index contributed by atoms with van der Waals surface area (Å²) in [5.74, 6) is 1.37. The third kappa shape index (κ3) is 4.43. The molecule has 2 fully saturated rings. The van der Waals surface area contributed by atoms with Gasteiger partial charge in [-0.15, -0.1) is 0 Å². The lowest BCUT2D eigenvalue weighted by Crippen LogP contribution is -2.56. The molecule has 1 saturated carbocycles. The number of nitrogens with one attached hydrogen (secondary N) is 1. The van der Waals surface area contributed by atoms with Gasteiger partial charge in [-0.1, -0.05) is 13.8 Å². The number of carbonyl (C=O) groups is 1. The summed E-state index contributed by atoms with van der Waals surface area (Å²) in [4.78, 5) is 14.8. The first-order chi connectivity index (χ1) is 9.84. The highest BCUT2D eigenvalue weighted by atomic mass is 16.5. The Labute approximate surface area is 129 Å². The molecular weight excluding hydrogens is 264 g/mol. The number of ether oxygens (including phenoxy) is 1. The number of hydrogen-bond acceptors (Lipinski definition) is 4. The topological polar surface area (TPSA) is 41.6 Å². The van der Waals surface area contributed by atoms with Crippen LogP contribution in [0.3, 0.4) is 0 Å². The largest absolute Gasteiger partial charge is 0.468 e. The number of likely N-dealkylation sites (tertiary alicyclic amines) is 1. The van der Waals surface area contributed by atoms with Gasteiger partial charge in [0.15, 0.2) is 0 Å². The summed E-state index contributed by atoms with van der Waals surface area (Å²) in [7, 11) is 1.49. The summed E-state index contributed by atoms with van der Waals surface area (Å²) in [6.07, 6.45) is 4.49. The second kappa shape index (κ2) is 6.66. The Morgan fingerprint density at radius 2 is 1.90 bits per heavy atom. The summed E-state index contributed by atoms with van der Waals surface area (Å²) in [6, 6.07) is 0.894. The van der Waals surface area contributed by atoms with Crippen LogP contribution in [0.5, 0.6) is 0 Å². The molecule has 0 aromatic carbocycles. The second-order valence-corrected chi connectivity index (χ2v) is 7.70. The van der Waals surface area contributed by atoms with Crippen LogP contribution in [0.1, 0.15) is 53.4 Å². The van der Waals surface area contributed by atoms with Crippen LogP contribution in [0.2, 0.25) is 0 Å². The van der Waals surface area contributed by atoms with Crippen molar-refractivity contribution in [2.24, 2.45) is 11.8 Å². The molecule has 1 heterocycles. The van der Waals surface area contributed by atoms with E-state index in [0.29, 0.717) is 12.1 Å². The predicted molar refractivity (Wildman–Crippen MR) is 85.2 cm³/mol. The van der Waals surface area contributed by atoms with E-state index < -0.39 is 5.54 Å². The van der Waals surface area contributed by atoms with E-state index in [2.05, 4.69) is 31.0 Å². The van der Waals surface area contributed by atoms with Crippen molar-refractivity contribution in [3.8, 4) is 0 Å². The monoisotopic (exact) mass is 296 g/mol. The number of piperidine rings is 1. The Morgan fingerprint density at radius 3 is 2.38 bits per heavy atom. The number of rotatable bonds is 6. The van der Waals surface area contributed by atoms with Gasteiger partial charge in [0.1, 0.15) is 5.54 Å². The van der Waals surface area contributed by atoms with Gasteiger partial charge >= 0.3 is 5.97 Å². The number of carbonyl (C=O) groups excluding carboxylic acids is 1. The summed E-state index contributed by atoms with van der Waals surface area (Å²) < 4.78 is 5.05. The van der Waals surface area contributed by atoms with E-state index in [1.807, 2.05) is 6.92 Å². The zero-order valence-electron chi connectivity index (χ0n) is 14.3. The Balaban J connectivity index is 1.99. The molecule has 0 spiro atoms. The molecule has 4 atom stereocenters. The van der Waals surface area contributed by atoms with Crippen LogP contribution in [-0.4, -0.2) is 48.7 Å². The first-order valence-corrected chi connectivity index (χ1v) is 8.44. The molecule has 122 valence electrons. The molecule has 0 aromatic rings. The molecular formula is C17H32N2O2. The van der Waals surface area contributed by atoms with Gasteiger partial charge < -0.3 is 9.64 Å². The molecule has 1 aliphatic heterocycles. The van der Waals surface area contributed by atoms with E-state index in [-0.39, 0.29) is 5.97 Å². The normalized spacial score (nSPS) is 31.5.